The first-order valence-corrected chi connectivity index (χ1v) is 14.9. The zero-order chi connectivity index (χ0) is 26.9. The number of nitrogens with zero attached hydrogens (tertiary/aromatic N) is 5. The zero-order valence-electron chi connectivity index (χ0n) is 21.2. The Balaban J connectivity index is 1.22. The molecule has 9 nitrogen and oxygen atoms in total. The number of anilines is 4. The Labute approximate surface area is 238 Å². The maximum absolute atomic E-state index is 13.1. The van der Waals surface area contributed by atoms with E-state index in [1.54, 1.807) is 18.5 Å². The second-order valence-electron chi connectivity index (χ2n) is 9.61. The van der Waals surface area contributed by atoms with Gasteiger partial charge in [0.1, 0.15) is 10.7 Å². The van der Waals surface area contributed by atoms with Gasteiger partial charge in [-0.25, -0.2) is 15.0 Å². The third-order valence-corrected chi connectivity index (χ3v) is 9.03. The molecule has 1 fully saturated rings. The summed E-state index contributed by atoms with van der Waals surface area (Å²) in [5, 5.41) is 10.0. The van der Waals surface area contributed by atoms with Crippen molar-refractivity contribution in [3.05, 3.63) is 67.7 Å². The lowest BCUT2D eigenvalue weighted by molar-refractivity contribution is -0.119. The van der Waals surface area contributed by atoms with Crippen molar-refractivity contribution in [1.82, 2.24) is 19.9 Å². The van der Waals surface area contributed by atoms with Gasteiger partial charge < -0.3 is 15.5 Å². The van der Waals surface area contributed by atoms with Crippen LogP contribution < -0.4 is 15.5 Å². The summed E-state index contributed by atoms with van der Waals surface area (Å²) in [6.07, 6.45) is 8.03. The normalized spacial score (nSPS) is 16.4. The summed E-state index contributed by atoms with van der Waals surface area (Å²) in [5.74, 6) is 1.13. The number of hydrogen-bond acceptors (Lipinski definition) is 10. The van der Waals surface area contributed by atoms with E-state index in [0.717, 1.165) is 60.5 Å². The SMILES string of the molecule is Cc1cccc(Cl)c1NC(=O)c1cnc(Nc2nc(N3CCCC3C(=O)Cc3nccs3)nc3c2CCC3)s1. The first kappa shape index (κ1) is 25.8. The van der Waals surface area contributed by atoms with Crippen LogP contribution in [0.3, 0.4) is 0 Å². The molecule has 39 heavy (non-hydrogen) atoms. The Morgan fingerprint density at radius 2 is 2.08 bits per heavy atom. The molecule has 1 saturated heterocycles. The molecular weight excluding hydrogens is 554 g/mol. The topological polar surface area (TPSA) is 113 Å². The van der Waals surface area contributed by atoms with Crippen LogP contribution in [0.4, 0.5) is 22.6 Å². The summed E-state index contributed by atoms with van der Waals surface area (Å²) in [4.78, 5) is 47.0. The molecule has 2 N–H and O–H groups in total. The van der Waals surface area contributed by atoms with Gasteiger partial charge in [0.15, 0.2) is 10.9 Å². The Morgan fingerprint density at radius 1 is 1.18 bits per heavy atom. The number of carbonyl (C=O) groups excluding carboxylic acids is 2. The number of carbonyl (C=O) groups is 2. The predicted octanol–water partition coefficient (Wildman–Crippen LogP) is 5.62. The summed E-state index contributed by atoms with van der Waals surface area (Å²) >= 11 is 9.03. The van der Waals surface area contributed by atoms with Crippen molar-refractivity contribution < 1.29 is 9.59 Å². The van der Waals surface area contributed by atoms with Crippen molar-refractivity contribution in [2.45, 2.75) is 51.5 Å². The molecule has 1 aliphatic carbocycles. The summed E-state index contributed by atoms with van der Waals surface area (Å²) in [6, 6.07) is 5.22. The zero-order valence-corrected chi connectivity index (χ0v) is 23.6. The molecule has 1 amide bonds. The number of aryl methyl sites for hydroxylation is 2. The number of Topliss-reactive ketones (excluding diaryl/α,β-unsaturated/α-hetero) is 1. The molecule has 1 unspecified atom stereocenters. The molecular formula is C27H26ClN7O2S2. The van der Waals surface area contributed by atoms with Gasteiger partial charge in [0.25, 0.3) is 5.91 Å². The Hall–Kier alpha value is -3.41. The van der Waals surface area contributed by atoms with Crippen molar-refractivity contribution >= 4 is 68.6 Å². The van der Waals surface area contributed by atoms with Crippen molar-refractivity contribution in [3.63, 3.8) is 0 Å². The van der Waals surface area contributed by atoms with Gasteiger partial charge in [0.05, 0.1) is 40.1 Å². The van der Waals surface area contributed by atoms with Gasteiger partial charge >= 0.3 is 0 Å². The number of thiazole rings is 2. The highest BCUT2D eigenvalue weighted by atomic mass is 35.5. The number of rotatable bonds is 8. The Bertz CT molecular complexity index is 1520. The van der Waals surface area contributed by atoms with E-state index in [4.69, 9.17) is 21.6 Å². The number of fused-ring (bicyclic) bond motifs is 1. The summed E-state index contributed by atoms with van der Waals surface area (Å²) < 4.78 is 0. The van der Waals surface area contributed by atoms with Crippen LogP contribution in [0.25, 0.3) is 0 Å². The van der Waals surface area contributed by atoms with E-state index in [9.17, 15) is 9.59 Å². The third-order valence-electron chi connectivity index (χ3n) is 7.03. The van der Waals surface area contributed by atoms with Gasteiger partial charge in [-0.1, -0.05) is 35.1 Å². The van der Waals surface area contributed by atoms with Crippen molar-refractivity contribution in [2.24, 2.45) is 0 Å². The first-order valence-electron chi connectivity index (χ1n) is 12.8. The van der Waals surface area contributed by atoms with E-state index in [-0.39, 0.29) is 17.7 Å². The van der Waals surface area contributed by atoms with Crippen LogP contribution in [0.2, 0.25) is 5.02 Å². The van der Waals surface area contributed by atoms with Crippen LogP contribution in [0, 0.1) is 6.92 Å². The molecule has 0 spiro atoms. The molecule has 1 aliphatic heterocycles. The molecule has 4 aromatic rings. The maximum atomic E-state index is 13.1. The van der Waals surface area contributed by atoms with Crippen LogP contribution in [0.5, 0.6) is 0 Å². The minimum absolute atomic E-state index is 0.144. The van der Waals surface area contributed by atoms with Gasteiger partial charge in [0.2, 0.25) is 5.95 Å². The molecule has 1 aromatic carbocycles. The van der Waals surface area contributed by atoms with Gasteiger partial charge in [-0.3, -0.25) is 9.59 Å². The first-order chi connectivity index (χ1) is 19.0. The third kappa shape index (κ3) is 5.39. The Morgan fingerprint density at radius 3 is 2.90 bits per heavy atom. The summed E-state index contributed by atoms with van der Waals surface area (Å²) in [6.45, 7) is 2.63. The maximum Gasteiger partial charge on any atom is 0.267 e. The summed E-state index contributed by atoms with van der Waals surface area (Å²) in [7, 11) is 0. The molecule has 0 saturated carbocycles. The van der Waals surface area contributed by atoms with Crippen LogP contribution in [-0.4, -0.2) is 44.2 Å². The lowest BCUT2D eigenvalue weighted by Crippen LogP contribution is -2.38. The number of hydrogen-bond donors (Lipinski definition) is 2. The average molecular weight is 580 g/mol. The number of benzene rings is 1. The second kappa shape index (κ2) is 11.0. The summed E-state index contributed by atoms with van der Waals surface area (Å²) in [5.41, 5.74) is 3.55. The molecule has 1 atom stereocenters. The predicted molar refractivity (Wildman–Crippen MR) is 155 cm³/mol. The number of aromatic nitrogens is 4. The highest BCUT2D eigenvalue weighted by Gasteiger charge is 2.34. The van der Waals surface area contributed by atoms with E-state index in [0.29, 0.717) is 38.9 Å². The number of ketones is 1. The highest BCUT2D eigenvalue weighted by Crippen LogP contribution is 2.34. The van der Waals surface area contributed by atoms with E-state index >= 15 is 0 Å². The average Bonchev–Trinajstić information content (AvgIpc) is 3.72. The molecule has 4 heterocycles. The van der Waals surface area contributed by atoms with Crippen LogP contribution >= 0.6 is 34.3 Å². The standard InChI is InChI=1S/C27H26ClN7O2S2/c1-15-5-2-7-17(28)23(15)32-25(37)21-14-30-27(39-21)34-24-16-6-3-8-18(16)31-26(33-24)35-11-4-9-19(35)20(36)13-22-29-10-12-38-22/h2,5,7,10,12,14,19H,3-4,6,8-9,11,13H2,1H3,(H,32,37)(H,30,31,33,34). The highest BCUT2D eigenvalue weighted by molar-refractivity contribution is 7.17. The van der Waals surface area contributed by atoms with Gasteiger partial charge in [-0.05, 0) is 50.7 Å². The fourth-order valence-corrected chi connectivity index (χ4v) is 6.71. The Kier molecular flexibility index (Phi) is 7.28. The largest absolute Gasteiger partial charge is 0.331 e. The quantitative estimate of drug-likeness (QED) is 0.277. The lowest BCUT2D eigenvalue weighted by atomic mass is 10.1. The van der Waals surface area contributed by atoms with Crippen molar-refractivity contribution in [1.29, 1.82) is 0 Å². The van der Waals surface area contributed by atoms with E-state index in [1.165, 1.54) is 22.7 Å². The van der Waals surface area contributed by atoms with Crippen LogP contribution in [-0.2, 0) is 24.1 Å². The number of nitrogens with one attached hydrogen (secondary N) is 2. The number of para-hydroxylation sites is 1. The second-order valence-corrected chi connectivity index (χ2v) is 12.0. The van der Waals surface area contributed by atoms with Crippen LogP contribution in [0.15, 0.2) is 36.0 Å². The number of halogens is 1. The van der Waals surface area contributed by atoms with Crippen molar-refractivity contribution in [3.8, 4) is 0 Å². The lowest BCUT2D eigenvalue weighted by Gasteiger charge is -2.24. The van der Waals surface area contributed by atoms with E-state index < -0.39 is 0 Å². The molecule has 2 aliphatic rings. The van der Waals surface area contributed by atoms with Gasteiger partial charge in [-0.15, -0.1) is 11.3 Å². The fourth-order valence-electron chi connectivity index (χ4n) is 5.10. The molecule has 6 rings (SSSR count). The molecule has 200 valence electrons. The smallest absolute Gasteiger partial charge is 0.267 e. The monoisotopic (exact) mass is 579 g/mol. The van der Waals surface area contributed by atoms with Crippen molar-refractivity contribution in [2.75, 3.05) is 22.1 Å². The fraction of sp³-hybridized carbons (Fsp3) is 0.333. The molecule has 12 heteroatoms. The molecule has 0 radical (unpaired) electrons. The van der Waals surface area contributed by atoms with Gasteiger partial charge in [-0.2, -0.15) is 4.98 Å². The number of amides is 1. The molecule has 0 bridgehead atoms. The van der Waals surface area contributed by atoms with Gasteiger partial charge in [0, 0.05) is 23.7 Å². The molecule has 3 aromatic heterocycles. The van der Waals surface area contributed by atoms with E-state index in [2.05, 4.69) is 20.6 Å². The minimum Gasteiger partial charge on any atom is -0.331 e. The van der Waals surface area contributed by atoms with E-state index in [1.807, 2.05) is 29.3 Å². The van der Waals surface area contributed by atoms with Crippen LogP contribution in [0.1, 0.15) is 50.8 Å². The minimum atomic E-state index is -0.274.